The quantitative estimate of drug-likeness (QED) is 0.594. The molecule has 0 saturated heterocycles. The maximum atomic E-state index is 11.8. The fourth-order valence-electron chi connectivity index (χ4n) is 1.53. The lowest BCUT2D eigenvalue weighted by atomic mass is 10.2. The lowest BCUT2D eigenvalue weighted by molar-refractivity contribution is 0.707. The second-order valence-electron chi connectivity index (χ2n) is 3.41. The fourth-order valence-corrected chi connectivity index (χ4v) is 1.53. The summed E-state index contributed by atoms with van der Waals surface area (Å²) in [5.41, 5.74) is -0.298. The molecule has 16 heavy (non-hydrogen) atoms. The molecule has 0 fully saturated rings. The molecule has 2 heterocycles. The van der Waals surface area contributed by atoms with Gasteiger partial charge in [-0.25, -0.2) is 9.78 Å². The highest BCUT2D eigenvalue weighted by molar-refractivity contribution is 5.75. The number of aromatic nitrogens is 3. The minimum absolute atomic E-state index is 0.267. The number of hydrogen-bond acceptors (Lipinski definition) is 4. The molecule has 0 unspecified atom stereocenters. The summed E-state index contributed by atoms with van der Waals surface area (Å²) in [5, 5.41) is 8.98. The van der Waals surface area contributed by atoms with E-state index >= 15 is 0 Å². The van der Waals surface area contributed by atoms with E-state index in [2.05, 4.69) is 4.98 Å². The number of nitrogens with zero attached hydrogens (tertiary/aromatic N) is 4. The van der Waals surface area contributed by atoms with Gasteiger partial charge >= 0.3 is 5.69 Å². The summed E-state index contributed by atoms with van der Waals surface area (Å²) in [7, 11) is 2.92. The Labute approximate surface area is 90.0 Å². The molecule has 2 aromatic rings. The van der Waals surface area contributed by atoms with E-state index in [0.717, 1.165) is 4.57 Å². The van der Waals surface area contributed by atoms with Crippen molar-refractivity contribution in [1.29, 1.82) is 5.26 Å². The van der Waals surface area contributed by atoms with E-state index < -0.39 is 11.2 Å². The minimum Gasteiger partial charge on any atom is -0.280 e. The van der Waals surface area contributed by atoms with Crippen molar-refractivity contribution in [3.05, 3.63) is 38.7 Å². The molecular formula is C10H8N4O2. The molecule has 0 aromatic carbocycles. The Kier molecular flexibility index (Phi) is 2.09. The van der Waals surface area contributed by atoms with E-state index in [0.29, 0.717) is 5.56 Å². The Morgan fingerprint density at radius 3 is 2.62 bits per heavy atom. The number of nitriles is 1. The molecule has 0 aliphatic heterocycles. The predicted molar refractivity (Wildman–Crippen MR) is 56.9 cm³/mol. The summed E-state index contributed by atoms with van der Waals surface area (Å²) >= 11 is 0. The van der Waals surface area contributed by atoms with Crippen LogP contribution in [0.15, 0.2) is 21.9 Å². The second-order valence-corrected chi connectivity index (χ2v) is 3.41. The van der Waals surface area contributed by atoms with Gasteiger partial charge in [0.25, 0.3) is 5.56 Å². The number of pyridine rings is 1. The molecule has 0 atom stereocenters. The Morgan fingerprint density at radius 2 is 2.00 bits per heavy atom. The molecule has 0 saturated carbocycles. The molecule has 0 N–H and O–H groups in total. The van der Waals surface area contributed by atoms with Gasteiger partial charge in [-0.15, -0.1) is 0 Å². The Morgan fingerprint density at radius 1 is 1.31 bits per heavy atom. The van der Waals surface area contributed by atoms with Crippen molar-refractivity contribution in [2.45, 2.75) is 0 Å². The fraction of sp³-hybridized carbons (Fsp3) is 0.200. The van der Waals surface area contributed by atoms with Gasteiger partial charge in [0, 0.05) is 20.3 Å². The molecule has 0 aliphatic rings. The van der Waals surface area contributed by atoms with Crippen molar-refractivity contribution in [2.75, 3.05) is 0 Å². The van der Waals surface area contributed by atoms with E-state index in [-0.39, 0.29) is 11.0 Å². The van der Waals surface area contributed by atoms with Crippen LogP contribution in [-0.4, -0.2) is 14.1 Å². The van der Waals surface area contributed by atoms with Gasteiger partial charge in [0.1, 0.15) is 11.7 Å². The molecule has 6 nitrogen and oxygen atoms in total. The van der Waals surface area contributed by atoms with Crippen LogP contribution in [0.4, 0.5) is 0 Å². The SMILES string of the molecule is Cn1c(=O)c2cc(C#N)cnc2n(C)c1=O. The van der Waals surface area contributed by atoms with Crippen LogP contribution in [0.5, 0.6) is 0 Å². The molecule has 0 aliphatic carbocycles. The van der Waals surface area contributed by atoms with Crippen molar-refractivity contribution >= 4 is 11.0 Å². The average Bonchev–Trinajstić information content (AvgIpc) is 2.33. The average molecular weight is 216 g/mol. The lowest BCUT2D eigenvalue weighted by Gasteiger charge is -2.05. The van der Waals surface area contributed by atoms with Gasteiger partial charge in [-0.05, 0) is 6.07 Å². The van der Waals surface area contributed by atoms with E-state index in [4.69, 9.17) is 5.26 Å². The Balaban J connectivity index is 3.11. The van der Waals surface area contributed by atoms with Gasteiger partial charge in [-0.3, -0.25) is 13.9 Å². The van der Waals surface area contributed by atoms with Crippen LogP contribution < -0.4 is 11.2 Å². The third-order valence-corrected chi connectivity index (χ3v) is 2.42. The van der Waals surface area contributed by atoms with E-state index in [1.165, 1.54) is 30.9 Å². The first-order chi connectivity index (χ1) is 7.56. The van der Waals surface area contributed by atoms with Gasteiger partial charge in [-0.1, -0.05) is 0 Å². The molecule has 0 amide bonds. The standard InChI is InChI=1S/C10H8N4O2/c1-13-8-7(3-6(4-11)5-12-8)9(15)14(2)10(13)16/h3,5H,1-2H3. The zero-order valence-corrected chi connectivity index (χ0v) is 8.76. The number of rotatable bonds is 0. The van der Waals surface area contributed by atoms with Crippen LogP contribution in [0.3, 0.4) is 0 Å². The molecule has 2 aromatic heterocycles. The molecular weight excluding hydrogens is 208 g/mol. The molecule has 0 bridgehead atoms. The largest absolute Gasteiger partial charge is 0.332 e. The highest BCUT2D eigenvalue weighted by atomic mass is 16.2. The molecule has 6 heteroatoms. The van der Waals surface area contributed by atoms with Crippen molar-refractivity contribution in [3.63, 3.8) is 0 Å². The van der Waals surface area contributed by atoms with Crippen LogP contribution in [0.2, 0.25) is 0 Å². The van der Waals surface area contributed by atoms with Crippen molar-refractivity contribution in [1.82, 2.24) is 14.1 Å². The van der Waals surface area contributed by atoms with Gasteiger partial charge < -0.3 is 0 Å². The smallest absolute Gasteiger partial charge is 0.280 e. The van der Waals surface area contributed by atoms with Crippen molar-refractivity contribution < 1.29 is 0 Å². The molecule has 0 radical (unpaired) electrons. The first kappa shape index (κ1) is 10.1. The maximum absolute atomic E-state index is 11.8. The zero-order chi connectivity index (χ0) is 11.9. The van der Waals surface area contributed by atoms with Gasteiger partial charge in [-0.2, -0.15) is 5.26 Å². The molecule has 80 valence electrons. The summed E-state index contributed by atoms with van der Waals surface area (Å²) in [6, 6.07) is 3.34. The predicted octanol–water partition coefficient (Wildman–Crippen LogP) is -0.496. The first-order valence-corrected chi connectivity index (χ1v) is 4.52. The second kappa shape index (κ2) is 3.31. The van der Waals surface area contributed by atoms with E-state index in [9.17, 15) is 9.59 Å². The number of aryl methyl sites for hydroxylation is 1. The summed E-state index contributed by atoms with van der Waals surface area (Å²) < 4.78 is 2.27. The van der Waals surface area contributed by atoms with Gasteiger partial charge in [0.2, 0.25) is 0 Å². The van der Waals surface area contributed by atoms with Crippen LogP contribution in [0, 0.1) is 11.3 Å². The molecule has 2 rings (SSSR count). The number of fused-ring (bicyclic) bond motifs is 1. The third kappa shape index (κ3) is 1.22. The summed E-state index contributed by atoms with van der Waals surface area (Å²) in [5.74, 6) is 0. The topological polar surface area (TPSA) is 80.7 Å². The van der Waals surface area contributed by atoms with E-state index in [1.807, 2.05) is 6.07 Å². The number of hydrogen-bond donors (Lipinski definition) is 0. The van der Waals surface area contributed by atoms with Gasteiger partial charge in [0.15, 0.2) is 0 Å². The van der Waals surface area contributed by atoms with E-state index in [1.54, 1.807) is 0 Å². The van der Waals surface area contributed by atoms with Crippen LogP contribution in [0.25, 0.3) is 11.0 Å². The highest BCUT2D eigenvalue weighted by Gasteiger charge is 2.09. The zero-order valence-electron chi connectivity index (χ0n) is 8.76. The maximum Gasteiger partial charge on any atom is 0.332 e. The van der Waals surface area contributed by atoms with Crippen LogP contribution >= 0.6 is 0 Å². The summed E-state index contributed by atoms with van der Waals surface area (Å²) in [4.78, 5) is 27.3. The highest BCUT2D eigenvalue weighted by Crippen LogP contribution is 2.05. The Bertz CT molecular complexity index is 733. The van der Waals surface area contributed by atoms with Crippen LogP contribution in [0.1, 0.15) is 5.56 Å². The van der Waals surface area contributed by atoms with Crippen molar-refractivity contribution in [2.24, 2.45) is 14.1 Å². The normalized spacial score (nSPS) is 10.3. The van der Waals surface area contributed by atoms with Crippen molar-refractivity contribution in [3.8, 4) is 6.07 Å². The van der Waals surface area contributed by atoms with Gasteiger partial charge in [0.05, 0.1) is 10.9 Å². The lowest BCUT2D eigenvalue weighted by Crippen LogP contribution is -2.37. The molecule has 0 spiro atoms. The third-order valence-electron chi connectivity index (χ3n) is 2.42. The summed E-state index contributed by atoms with van der Waals surface area (Å²) in [6.45, 7) is 0. The monoisotopic (exact) mass is 216 g/mol. The van der Waals surface area contributed by atoms with Crippen LogP contribution in [-0.2, 0) is 14.1 Å². The summed E-state index contributed by atoms with van der Waals surface area (Å²) in [6.07, 6.45) is 1.33. The minimum atomic E-state index is -0.442. The first-order valence-electron chi connectivity index (χ1n) is 4.52. The Hall–Kier alpha value is -2.42.